The maximum absolute atomic E-state index is 11.4. The summed E-state index contributed by atoms with van der Waals surface area (Å²) in [6.07, 6.45) is -0.426. The third-order valence-electron chi connectivity index (χ3n) is 2.30. The van der Waals surface area contributed by atoms with Crippen molar-refractivity contribution < 1.29 is 19.0 Å². The van der Waals surface area contributed by atoms with Gasteiger partial charge in [0.2, 0.25) is 0 Å². The van der Waals surface area contributed by atoms with E-state index in [-0.39, 0.29) is 18.4 Å². The van der Waals surface area contributed by atoms with Gasteiger partial charge in [-0.05, 0) is 26.0 Å². The van der Waals surface area contributed by atoms with Crippen LogP contribution in [0.25, 0.3) is 0 Å². The SMILES string of the molecule is COC(OC)c1ccc(SCC(=O)OC(C)C)cc1. The second kappa shape index (κ2) is 8.19. The van der Waals surface area contributed by atoms with Crippen LogP contribution in [0.4, 0.5) is 0 Å². The Morgan fingerprint density at radius 1 is 1.16 bits per heavy atom. The number of ether oxygens (including phenoxy) is 3. The Hall–Kier alpha value is -1.04. The first kappa shape index (κ1) is 16.0. The van der Waals surface area contributed by atoms with Gasteiger partial charge in [-0.25, -0.2) is 0 Å². The average molecular weight is 284 g/mol. The number of thioether (sulfide) groups is 1. The second-order valence-corrected chi connectivity index (χ2v) is 5.25. The molecule has 0 aliphatic heterocycles. The third kappa shape index (κ3) is 5.63. The van der Waals surface area contributed by atoms with E-state index >= 15 is 0 Å². The van der Waals surface area contributed by atoms with E-state index in [1.54, 1.807) is 14.2 Å². The highest BCUT2D eigenvalue weighted by atomic mass is 32.2. The number of rotatable bonds is 7. The second-order valence-electron chi connectivity index (χ2n) is 4.20. The van der Waals surface area contributed by atoms with Crippen LogP contribution in [-0.2, 0) is 19.0 Å². The van der Waals surface area contributed by atoms with Gasteiger partial charge in [0.15, 0.2) is 6.29 Å². The molecule has 0 bridgehead atoms. The van der Waals surface area contributed by atoms with Crippen molar-refractivity contribution in [2.75, 3.05) is 20.0 Å². The summed E-state index contributed by atoms with van der Waals surface area (Å²) in [5, 5.41) is 0. The fourth-order valence-corrected chi connectivity index (χ4v) is 2.21. The molecule has 0 aromatic heterocycles. The number of carbonyl (C=O) groups is 1. The highest BCUT2D eigenvalue weighted by Gasteiger charge is 2.09. The molecule has 0 saturated carbocycles. The molecular weight excluding hydrogens is 264 g/mol. The molecule has 5 heteroatoms. The Labute approximate surface area is 118 Å². The average Bonchev–Trinajstić information content (AvgIpc) is 2.38. The smallest absolute Gasteiger partial charge is 0.316 e. The summed E-state index contributed by atoms with van der Waals surface area (Å²) in [5.74, 6) is 0.117. The normalized spacial score (nSPS) is 11.1. The quantitative estimate of drug-likeness (QED) is 0.437. The molecule has 0 spiro atoms. The van der Waals surface area contributed by atoms with Gasteiger partial charge >= 0.3 is 5.97 Å². The summed E-state index contributed by atoms with van der Waals surface area (Å²) in [6.45, 7) is 3.68. The highest BCUT2D eigenvalue weighted by Crippen LogP contribution is 2.23. The zero-order valence-corrected chi connectivity index (χ0v) is 12.5. The summed E-state index contributed by atoms with van der Waals surface area (Å²) in [4.78, 5) is 12.4. The molecule has 0 atom stereocenters. The predicted molar refractivity (Wildman–Crippen MR) is 75.2 cm³/mol. The fourth-order valence-electron chi connectivity index (χ4n) is 1.53. The molecule has 0 fully saturated rings. The molecule has 0 amide bonds. The predicted octanol–water partition coefficient (Wildman–Crippen LogP) is 3.02. The van der Waals surface area contributed by atoms with Crippen molar-refractivity contribution in [1.29, 1.82) is 0 Å². The largest absolute Gasteiger partial charge is 0.462 e. The number of esters is 1. The van der Waals surface area contributed by atoms with Crippen molar-refractivity contribution in [3.05, 3.63) is 29.8 Å². The molecule has 1 rings (SSSR count). The zero-order chi connectivity index (χ0) is 14.3. The zero-order valence-electron chi connectivity index (χ0n) is 11.7. The van der Waals surface area contributed by atoms with Crippen molar-refractivity contribution >= 4 is 17.7 Å². The van der Waals surface area contributed by atoms with Gasteiger partial charge < -0.3 is 14.2 Å². The Morgan fingerprint density at radius 2 is 1.74 bits per heavy atom. The molecule has 4 nitrogen and oxygen atoms in total. The first-order valence-corrected chi connectivity index (χ1v) is 7.03. The molecule has 0 aliphatic carbocycles. The lowest BCUT2D eigenvalue weighted by molar-refractivity contribution is -0.144. The molecule has 0 radical (unpaired) electrons. The molecule has 106 valence electrons. The van der Waals surface area contributed by atoms with Crippen molar-refractivity contribution in [1.82, 2.24) is 0 Å². The van der Waals surface area contributed by atoms with E-state index in [1.807, 2.05) is 38.1 Å². The number of hydrogen-bond donors (Lipinski definition) is 0. The van der Waals surface area contributed by atoms with Crippen molar-refractivity contribution in [3.63, 3.8) is 0 Å². The van der Waals surface area contributed by atoms with E-state index < -0.39 is 0 Å². The lowest BCUT2D eigenvalue weighted by atomic mass is 10.2. The van der Waals surface area contributed by atoms with Gasteiger partial charge in [0.05, 0.1) is 11.9 Å². The molecular formula is C14H20O4S. The van der Waals surface area contributed by atoms with E-state index in [1.165, 1.54) is 11.8 Å². The van der Waals surface area contributed by atoms with Crippen molar-refractivity contribution in [2.45, 2.75) is 31.1 Å². The number of methoxy groups -OCH3 is 2. The van der Waals surface area contributed by atoms with Crippen LogP contribution in [0.2, 0.25) is 0 Å². The molecule has 19 heavy (non-hydrogen) atoms. The third-order valence-corrected chi connectivity index (χ3v) is 3.29. The molecule has 0 unspecified atom stereocenters. The Morgan fingerprint density at radius 3 is 2.21 bits per heavy atom. The minimum Gasteiger partial charge on any atom is -0.462 e. The summed E-state index contributed by atoms with van der Waals surface area (Å²) in [7, 11) is 3.19. The topological polar surface area (TPSA) is 44.8 Å². The van der Waals surface area contributed by atoms with Gasteiger partial charge in [0, 0.05) is 24.7 Å². The van der Waals surface area contributed by atoms with Crippen LogP contribution in [0.5, 0.6) is 0 Å². The number of carbonyl (C=O) groups excluding carboxylic acids is 1. The molecule has 0 saturated heterocycles. The van der Waals surface area contributed by atoms with Crippen LogP contribution in [0.3, 0.4) is 0 Å². The Bertz CT molecular complexity index is 385. The van der Waals surface area contributed by atoms with Crippen molar-refractivity contribution in [2.24, 2.45) is 0 Å². The maximum atomic E-state index is 11.4. The first-order chi connectivity index (χ1) is 9.06. The molecule has 0 heterocycles. The van der Waals surface area contributed by atoms with Gasteiger partial charge in [0.1, 0.15) is 0 Å². The van der Waals surface area contributed by atoms with Crippen LogP contribution in [0.1, 0.15) is 25.7 Å². The van der Waals surface area contributed by atoms with Crippen LogP contribution < -0.4 is 0 Å². The minimum atomic E-state index is -0.357. The van der Waals surface area contributed by atoms with Crippen LogP contribution >= 0.6 is 11.8 Å². The van der Waals surface area contributed by atoms with Crippen LogP contribution in [0.15, 0.2) is 29.2 Å². The summed E-state index contributed by atoms with van der Waals surface area (Å²) in [6, 6.07) is 7.73. The van der Waals surface area contributed by atoms with Gasteiger partial charge in [-0.15, -0.1) is 11.8 Å². The highest BCUT2D eigenvalue weighted by molar-refractivity contribution is 8.00. The maximum Gasteiger partial charge on any atom is 0.316 e. The van der Waals surface area contributed by atoms with E-state index in [9.17, 15) is 4.79 Å². The van der Waals surface area contributed by atoms with Gasteiger partial charge in [-0.1, -0.05) is 12.1 Å². The van der Waals surface area contributed by atoms with E-state index in [2.05, 4.69) is 0 Å². The molecule has 0 N–H and O–H groups in total. The van der Waals surface area contributed by atoms with Gasteiger partial charge in [-0.2, -0.15) is 0 Å². The first-order valence-electron chi connectivity index (χ1n) is 6.04. The van der Waals surface area contributed by atoms with E-state index in [0.717, 1.165) is 10.5 Å². The van der Waals surface area contributed by atoms with Crippen molar-refractivity contribution in [3.8, 4) is 0 Å². The van der Waals surface area contributed by atoms with Crippen LogP contribution in [0, 0.1) is 0 Å². The lowest BCUT2D eigenvalue weighted by Crippen LogP contribution is -2.13. The standard InChI is InChI=1S/C14H20O4S/c1-10(2)18-13(15)9-19-12-7-5-11(6-8-12)14(16-3)17-4/h5-8,10,14H,9H2,1-4H3. The molecule has 1 aromatic rings. The Balaban J connectivity index is 2.50. The summed E-state index contributed by atoms with van der Waals surface area (Å²) >= 11 is 1.45. The summed E-state index contributed by atoms with van der Waals surface area (Å²) in [5.41, 5.74) is 0.944. The summed E-state index contributed by atoms with van der Waals surface area (Å²) < 4.78 is 15.4. The lowest BCUT2D eigenvalue weighted by Gasteiger charge is -2.13. The molecule has 0 aliphatic rings. The van der Waals surface area contributed by atoms with Gasteiger partial charge in [-0.3, -0.25) is 4.79 Å². The van der Waals surface area contributed by atoms with E-state index in [0.29, 0.717) is 5.75 Å². The van der Waals surface area contributed by atoms with E-state index in [4.69, 9.17) is 14.2 Å². The minimum absolute atomic E-state index is 0.0698. The van der Waals surface area contributed by atoms with Gasteiger partial charge in [0.25, 0.3) is 0 Å². The Kier molecular flexibility index (Phi) is 6.91. The monoisotopic (exact) mass is 284 g/mol. The number of benzene rings is 1. The molecule has 1 aromatic carbocycles. The van der Waals surface area contributed by atoms with Crippen LogP contribution in [-0.4, -0.2) is 32.0 Å². The fraction of sp³-hybridized carbons (Fsp3) is 0.500. The number of hydrogen-bond acceptors (Lipinski definition) is 5.